The Hall–Kier alpha value is -1.70. The van der Waals surface area contributed by atoms with Crippen LogP contribution in [0.5, 0.6) is 0 Å². The minimum atomic E-state index is -3.44. The van der Waals surface area contributed by atoms with Crippen molar-refractivity contribution in [2.75, 3.05) is 13.1 Å². The summed E-state index contributed by atoms with van der Waals surface area (Å²) < 4.78 is 32.7. The van der Waals surface area contributed by atoms with E-state index in [9.17, 15) is 13.2 Å². The maximum absolute atomic E-state index is 12.6. The summed E-state index contributed by atoms with van der Waals surface area (Å²) in [5, 5.41) is 1.76. The van der Waals surface area contributed by atoms with E-state index in [2.05, 4.69) is 0 Å². The van der Waals surface area contributed by atoms with Gasteiger partial charge in [0.15, 0.2) is 0 Å². The molecule has 2 aliphatic heterocycles. The molecule has 0 aliphatic carbocycles. The highest BCUT2D eigenvalue weighted by Gasteiger charge is 2.48. The number of ether oxygens (including phenoxy) is 1. The average molecular weight is 349 g/mol. The van der Waals surface area contributed by atoms with Crippen molar-refractivity contribution in [1.82, 2.24) is 4.31 Å². The molecule has 0 N–H and O–H groups in total. The molecule has 0 saturated carbocycles. The summed E-state index contributed by atoms with van der Waals surface area (Å²) in [4.78, 5) is 12.1. The number of nitrogens with zero attached hydrogens (tertiary/aromatic N) is 1. The van der Waals surface area contributed by atoms with E-state index >= 15 is 0 Å². The quantitative estimate of drug-likeness (QED) is 0.782. The molecule has 0 radical (unpaired) electrons. The fourth-order valence-corrected chi connectivity index (χ4v) is 5.93. The van der Waals surface area contributed by atoms with E-state index in [1.165, 1.54) is 15.6 Å². The smallest absolute Gasteiger partial charge is 0.339 e. The first-order valence-electron chi connectivity index (χ1n) is 7.39. The Morgan fingerprint density at radius 1 is 1.09 bits per heavy atom. The number of hydrogen-bond acceptors (Lipinski definition) is 5. The van der Waals surface area contributed by atoms with E-state index in [1.54, 1.807) is 23.6 Å². The maximum atomic E-state index is 12.6. The Morgan fingerprint density at radius 2 is 1.83 bits per heavy atom. The normalized spacial score (nSPS) is 20.4. The fourth-order valence-electron chi connectivity index (χ4n) is 3.34. The van der Waals surface area contributed by atoms with Crippen LogP contribution in [0.15, 0.2) is 46.0 Å². The van der Waals surface area contributed by atoms with Gasteiger partial charge in [0.05, 0.1) is 5.56 Å². The molecular weight excluding hydrogens is 334 g/mol. The number of carbonyl (C=O) groups is 1. The summed E-state index contributed by atoms with van der Waals surface area (Å²) in [6, 6.07) is 10.7. The van der Waals surface area contributed by atoms with Crippen molar-refractivity contribution in [3.05, 3.63) is 52.9 Å². The van der Waals surface area contributed by atoms with Gasteiger partial charge in [-0.2, -0.15) is 4.31 Å². The van der Waals surface area contributed by atoms with Crippen LogP contribution >= 0.6 is 11.3 Å². The van der Waals surface area contributed by atoms with Gasteiger partial charge in [-0.3, -0.25) is 0 Å². The number of sulfonamides is 1. The van der Waals surface area contributed by atoms with Gasteiger partial charge >= 0.3 is 5.97 Å². The Morgan fingerprint density at radius 3 is 2.52 bits per heavy atom. The van der Waals surface area contributed by atoms with Gasteiger partial charge in [-0.15, -0.1) is 11.3 Å². The molecule has 1 aromatic heterocycles. The molecule has 1 saturated heterocycles. The monoisotopic (exact) mass is 349 g/mol. The zero-order valence-corrected chi connectivity index (χ0v) is 13.9. The van der Waals surface area contributed by atoms with Crippen LogP contribution in [0.25, 0.3) is 0 Å². The molecule has 0 amide bonds. The summed E-state index contributed by atoms with van der Waals surface area (Å²) in [6.45, 7) is 0.698. The van der Waals surface area contributed by atoms with Crippen molar-refractivity contribution in [3.8, 4) is 0 Å². The van der Waals surface area contributed by atoms with Crippen LogP contribution in [0, 0.1) is 0 Å². The molecule has 4 rings (SSSR count). The number of fused-ring (bicyclic) bond motifs is 2. The van der Waals surface area contributed by atoms with Gasteiger partial charge in [-0.1, -0.05) is 24.3 Å². The van der Waals surface area contributed by atoms with Crippen LogP contribution in [0.3, 0.4) is 0 Å². The average Bonchev–Trinajstić information content (AvgIpc) is 3.18. The third-order valence-electron chi connectivity index (χ3n) is 4.55. The molecule has 2 aromatic rings. The number of thiophene rings is 1. The van der Waals surface area contributed by atoms with Crippen LogP contribution in [0.4, 0.5) is 0 Å². The largest absolute Gasteiger partial charge is 0.450 e. The van der Waals surface area contributed by atoms with Gasteiger partial charge in [0.25, 0.3) is 10.0 Å². The minimum Gasteiger partial charge on any atom is -0.450 e. The van der Waals surface area contributed by atoms with Gasteiger partial charge in [0.1, 0.15) is 9.81 Å². The highest BCUT2D eigenvalue weighted by atomic mass is 32.2. The number of rotatable bonds is 2. The molecule has 0 atom stereocenters. The molecule has 0 bridgehead atoms. The lowest BCUT2D eigenvalue weighted by Crippen LogP contribution is -2.45. The number of carbonyl (C=O) groups excluding carboxylic acids is 1. The van der Waals surface area contributed by atoms with Gasteiger partial charge in [0.2, 0.25) is 0 Å². The van der Waals surface area contributed by atoms with E-state index in [-0.39, 0.29) is 5.97 Å². The molecule has 2 aliphatic rings. The molecule has 3 heterocycles. The standard InChI is InChI=1S/C16H15NO4S2/c18-15-12-4-1-2-5-13(12)16(21-15)7-9-17(10-8-16)23(19,20)14-6-3-11-22-14/h1-6,11H,7-10H2. The molecule has 1 aromatic carbocycles. The first-order valence-corrected chi connectivity index (χ1v) is 9.71. The second-order valence-electron chi connectivity index (χ2n) is 5.77. The first kappa shape index (κ1) is 14.9. The Balaban J connectivity index is 1.60. The van der Waals surface area contributed by atoms with E-state index < -0.39 is 15.6 Å². The number of piperidine rings is 1. The van der Waals surface area contributed by atoms with Gasteiger partial charge < -0.3 is 4.74 Å². The third kappa shape index (κ3) is 2.22. The topological polar surface area (TPSA) is 63.7 Å². The van der Waals surface area contributed by atoms with E-state index in [0.717, 1.165) is 5.56 Å². The van der Waals surface area contributed by atoms with Gasteiger partial charge in [0, 0.05) is 31.5 Å². The summed E-state index contributed by atoms with van der Waals surface area (Å²) in [6.07, 6.45) is 0.973. The van der Waals surface area contributed by atoms with Crippen molar-refractivity contribution in [2.24, 2.45) is 0 Å². The van der Waals surface area contributed by atoms with Crippen LogP contribution < -0.4 is 0 Å². The van der Waals surface area contributed by atoms with Crippen LogP contribution in [0.2, 0.25) is 0 Å². The van der Waals surface area contributed by atoms with E-state index in [1.807, 2.05) is 18.2 Å². The summed E-state index contributed by atoms with van der Waals surface area (Å²) >= 11 is 1.22. The number of esters is 1. The predicted octanol–water partition coefficient (Wildman–Crippen LogP) is 2.60. The molecule has 5 nitrogen and oxygen atoms in total. The van der Waals surface area contributed by atoms with Crippen molar-refractivity contribution in [1.29, 1.82) is 0 Å². The molecule has 120 valence electrons. The summed E-state index contributed by atoms with van der Waals surface area (Å²) in [5.41, 5.74) is 0.815. The lowest BCUT2D eigenvalue weighted by Gasteiger charge is -2.37. The predicted molar refractivity (Wildman–Crippen MR) is 85.8 cm³/mol. The second kappa shape index (κ2) is 5.15. The molecular formula is C16H15NO4S2. The van der Waals surface area contributed by atoms with Crippen LogP contribution in [-0.4, -0.2) is 31.8 Å². The molecule has 1 fully saturated rings. The second-order valence-corrected chi connectivity index (χ2v) is 8.88. The number of hydrogen-bond donors (Lipinski definition) is 0. The third-order valence-corrected chi connectivity index (χ3v) is 7.82. The maximum Gasteiger partial charge on any atom is 0.339 e. The van der Waals surface area contributed by atoms with Gasteiger partial charge in [-0.05, 0) is 17.5 Å². The van der Waals surface area contributed by atoms with Crippen molar-refractivity contribution >= 4 is 27.3 Å². The Bertz CT molecular complexity index is 850. The van der Waals surface area contributed by atoms with Crippen molar-refractivity contribution in [2.45, 2.75) is 22.7 Å². The lowest BCUT2D eigenvalue weighted by molar-refractivity contribution is -0.0329. The summed E-state index contributed by atoms with van der Waals surface area (Å²) in [7, 11) is -3.44. The highest BCUT2D eigenvalue weighted by Crippen LogP contribution is 2.44. The van der Waals surface area contributed by atoms with Crippen LogP contribution in [-0.2, 0) is 20.4 Å². The summed E-state index contributed by atoms with van der Waals surface area (Å²) in [5.74, 6) is -0.310. The molecule has 23 heavy (non-hydrogen) atoms. The van der Waals surface area contributed by atoms with E-state index in [0.29, 0.717) is 35.7 Å². The van der Waals surface area contributed by atoms with Crippen molar-refractivity contribution < 1.29 is 17.9 Å². The van der Waals surface area contributed by atoms with Crippen LogP contribution in [0.1, 0.15) is 28.8 Å². The SMILES string of the molecule is O=C1OC2(CCN(S(=O)(=O)c3cccs3)CC2)c2ccccc21. The van der Waals surface area contributed by atoms with Crippen molar-refractivity contribution in [3.63, 3.8) is 0 Å². The molecule has 7 heteroatoms. The van der Waals surface area contributed by atoms with Gasteiger partial charge in [-0.25, -0.2) is 13.2 Å². The first-order chi connectivity index (χ1) is 11.0. The fraction of sp³-hybridized carbons (Fsp3) is 0.312. The molecule has 0 unspecified atom stereocenters. The Labute approximate surface area is 138 Å². The zero-order valence-electron chi connectivity index (χ0n) is 12.3. The highest BCUT2D eigenvalue weighted by molar-refractivity contribution is 7.91. The molecule has 1 spiro atoms. The lowest BCUT2D eigenvalue weighted by atomic mass is 9.84. The zero-order chi connectivity index (χ0) is 16.1. The number of benzene rings is 1. The minimum absolute atomic E-state index is 0.310. The Kier molecular flexibility index (Phi) is 3.33. The van der Waals surface area contributed by atoms with E-state index in [4.69, 9.17) is 4.74 Å².